The highest BCUT2D eigenvalue weighted by Gasteiger charge is 2.22. The van der Waals surface area contributed by atoms with Crippen LogP contribution in [0.5, 0.6) is 0 Å². The molecule has 0 spiro atoms. The Morgan fingerprint density at radius 1 is 1.25 bits per heavy atom. The SMILES string of the molecule is CCOCCCN=C(NCCCOC(C)C)NC1CC1. The van der Waals surface area contributed by atoms with E-state index in [1.54, 1.807) is 0 Å². The van der Waals surface area contributed by atoms with E-state index < -0.39 is 0 Å². The van der Waals surface area contributed by atoms with Crippen molar-refractivity contribution >= 4 is 5.96 Å². The molecule has 1 saturated carbocycles. The number of guanidine groups is 1. The summed E-state index contributed by atoms with van der Waals surface area (Å²) in [4.78, 5) is 4.58. The maximum atomic E-state index is 5.53. The Morgan fingerprint density at radius 3 is 2.70 bits per heavy atom. The first-order chi connectivity index (χ1) is 9.72. The first-order valence-electron chi connectivity index (χ1n) is 7.96. The van der Waals surface area contributed by atoms with Crippen molar-refractivity contribution in [2.24, 2.45) is 4.99 Å². The zero-order chi connectivity index (χ0) is 14.6. The molecule has 0 radical (unpaired) electrons. The lowest BCUT2D eigenvalue weighted by molar-refractivity contribution is 0.0776. The fraction of sp³-hybridized carbons (Fsp3) is 0.933. The number of rotatable bonds is 11. The lowest BCUT2D eigenvalue weighted by atomic mass is 10.4. The van der Waals surface area contributed by atoms with Crippen LogP contribution in [0.25, 0.3) is 0 Å². The predicted molar refractivity (Wildman–Crippen MR) is 83.3 cm³/mol. The smallest absolute Gasteiger partial charge is 0.191 e. The summed E-state index contributed by atoms with van der Waals surface area (Å²) in [5.41, 5.74) is 0. The highest BCUT2D eigenvalue weighted by atomic mass is 16.5. The molecule has 1 aliphatic rings. The second kappa shape index (κ2) is 10.9. The zero-order valence-corrected chi connectivity index (χ0v) is 13.3. The van der Waals surface area contributed by atoms with Crippen LogP contribution in [0.4, 0.5) is 0 Å². The predicted octanol–water partition coefficient (Wildman–Crippen LogP) is 1.93. The molecular weight excluding hydrogens is 254 g/mol. The highest BCUT2D eigenvalue weighted by Crippen LogP contribution is 2.18. The third kappa shape index (κ3) is 10.0. The summed E-state index contributed by atoms with van der Waals surface area (Å²) in [6, 6.07) is 0.625. The summed E-state index contributed by atoms with van der Waals surface area (Å²) >= 11 is 0. The van der Waals surface area contributed by atoms with Gasteiger partial charge in [-0.1, -0.05) is 0 Å². The van der Waals surface area contributed by atoms with Crippen molar-refractivity contribution < 1.29 is 9.47 Å². The van der Waals surface area contributed by atoms with Crippen molar-refractivity contribution in [3.05, 3.63) is 0 Å². The molecule has 0 aromatic heterocycles. The third-order valence-electron chi connectivity index (χ3n) is 2.90. The average Bonchev–Trinajstić information content (AvgIpc) is 3.21. The Kier molecular flexibility index (Phi) is 9.41. The standard InChI is InChI=1S/C15H31N3O2/c1-4-19-11-5-9-16-15(18-14-7-8-14)17-10-6-12-20-13(2)3/h13-14H,4-12H2,1-3H3,(H2,16,17,18). The number of aliphatic imine (C=N–C) groups is 1. The van der Waals surface area contributed by atoms with Crippen LogP contribution in [0.3, 0.4) is 0 Å². The van der Waals surface area contributed by atoms with Crippen LogP contribution >= 0.6 is 0 Å². The van der Waals surface area contributed by atoms with Gasteiger partial charge in [0.25, 0.3) is 0 Å². The van der Waals surface area contributed by atoms with Gasteiger partial charge in [-0.15, -0.1) is 0 Å². The van der Waals surface area contributed by atoms with Crippen LogP contribution in [0.15, 0.2) is 4.99 Å². The zero-order valence-electron chi connectivity index (χ0n) is 13.3. The number of nitrogens with zero attached hydrogens (tertiary/aromatic N) is 1. The second-order valence-corrected chi connectivity index (χ2v) is 5.40. The molecule has 1 fully saturated rings. The number of ether oxygens (including phenoxy) is 2. The Balaban J connectivity index is 2.12. The largest absolute Gasteiger partial charge is 0.382 e. The molecule has 2 N–H and O–H groups in total. The van der Waals surface area contributed by atoms with Crippen LogP contribution in [0, 0.1) is 0 Å². The summed E-state index contributed by atoms with van der Waals surface area (Å²) in [6.45, 7) is 10.2. The Labute approximate surface area is 123 Å². The summed E-state index contributed by atoms with van der Waals surface area (Å²) in [5, 5.41) is 6.81. The minimum Gasteiger partial charge on any atom is -0.382 e. The molecule has 0 aliphatic heterocycles. The highest BCUT2D eigenvalue weighted by molar-refractivity contribution is 5.80. The van der Waals surface area contributed by atoms with Crippen LogP contribution in [0.2, 0.25) is 0 Å². The van der Waals surface area contributed by atoms with E-state index >= 15 is 0 Å². The number of hydrogen-bond acceptors (Lipinski definition) is 3. The monoisotopic (exact) mass is 285 g/mol. The van der Waals surface area contributed by atoms with Crippen LogP contribution in [0.1, 0.15) is 46.5 Å². The minimum absolute atomic E-state index is 0.311. The molecule has 118 valence electrons. The minimum atomic E-state index is 0.311. The molecule has 0 unspecified atom stereocenters. The molecule has 1 aliphatic carbocycles. The topological polar surface area (TPSA) is 54.9 Å². The third-order valence-corrected chi connectivity index (χ3v) is 2.90. The van der Waals surface area contributed by atoms with Crippen molar-refractivity contribution in [3.63, 3.8) is 0 Å². The Bertz CT molecular complexity index is 266. The van der Waals surface area contributed by atoms with Crippen molar-refractivity contribution in [1.82, 2.24) is 10.6 Å². The van der Waals surface area contributed by atoms with E-state index in [1.165, 1.54) is 12.8 Å². The lowest BCUT2D eigenvalue weighted by Gasteiger charge is -2.13. The van der Waals surface area contributed by atoms with Crippen molar-refractivity contribution in [3.8, 4) is 0 Å². The fourth-order valence-electron chi connectivity index (χ4n) is 1.67. The maximum absolute atomic E-state index is 5.53. The van der Waals surface area contributed by atoms with E-state index in [0.29, 0.717) is 12.1 Å². The van der Waals surface area contributed by atoms with Gasteiger partial charge in [0.1, 0.15) is 0 Å². The molecule has 0 aromatic rings. The number of hydrogen-bond donors (Lipinski definition) is 2. The molecule has 5 heteroatoms. The van der Waals surface area contributed by atoms with Gasteiger partial charge in [-0.2, -0.15) is 0 Å². The van der Waals surface area contributed by atoms with Gasteiger partial charge in [-0.05, 0) is 46.5 Å². The van der Waals surface area contributed by atoms with Gasteiger partial charge in [0, 0.05) is 39.0 Å². The Morgan fingerprint density at radius 2 is 2.05 bits per heavy atom. The fourth-order valence-corrected chi connectivity index (χ4v) is 1.67. The van der Waals surface area contributed by atoms with Crippen molar-refractivity contribution in [1.29, 1.82) is 0 Å². The van der Waals surface area contributed by atoms with Crippen molar-refractivity contribution in [2.45, 2.75) is 58.6 Å². The van der Waals surface area contributed by atoms with E-state index in [1.807, 2.05) is 6.92 Å². The van der Waals surface area contributed by atoms with Gasteiger partial charge in [0.15, 0.2) is 5.96 Å². The summed E-state index contributed by atoms with van der Waals surface area (Å²) in [6.07, 6.45) is 4.81. The summed E-state index contributed by atoms with van der Waals surface area (Å²) < 4.78 is 10.8. The van der Waals surface area contributed by atoms with E-state index in [0.717, 1.165) is 51.7 Å². The van der Waals surface area contributed by atoms with Gasteiger partial charge in [-0.25, -0.2) is 0 Å². The van der Waals surface area contributed by atoms with Crippen LogP contribution < -0.4 is 10.6 Å². The van der Waals surface area contributed by atoms with E-state index in [9.17, 15) is 0 Å². The quantitative estimate of drug-likeness (QED) is 0.346. The maximum Gasteiger partial charge on any atom is 0.191 e. The first-order valence-corrected chi connectivity index (χ1v) is 7.96. The number of nitrogens with one attached hydrogen (secondary N) is 2. The molecule has 1 rings (SSSR count). The van der Waals surface area contributed by atoms with Gasteiger partial charge >= 0.3 is 0 Å². The van der Waals surface area contributed by atoms with Gasteiger partial charge in [0.2, 0.25) is 0 Å². The van der Waals surface area contributed by atoms with Crippen molar-refractivity contribution in [2.75, 3.05) is 32.9 Å². The summed E-state index contributed by atoms with van der Waals surface area (Å²) in [5.74, 6) is 0.938. The molecule has 0 amide bonds. The van der Waals surface area contributed by atoms with E-state index in [2.05, 4.69) is 29.5 Å². The molecule has 0 atom stereocenters. The molecule has 5 nitrogen and oxygen atoms in total. The average molecular weight is 285 g/mol. The van der Waals surface area contributed by atoms with Gasteiger partial charge in [-0.3, -0.25) is 4.99 Å². The molecule has 20 heavy (non-hydrogen) atoms. The van der Waals surface area contributed by atoms with E-state index in [4.69, 9.17) is 9.47 Å². The van der Waals surface area contributed by atoms with E-state index in [-0.39, 0.29) is 0 Å². The summed E-state index contributed by atoms with van der Waals surface area (Å²) in [7, 11) is 0. The first kappa shape index (κ1) is 17.2. The lowest BCUT2D eigenvalue weighted by Crippen LogP contribution is -2.39. The molecule has 0 aromatic carbocycles. The van der Waals surface area contributed by atoms with Crippen LogP contribution in [-0.4, -0.2) is 51.0 Å². The second-order valence-electron chi connectivity index (χ2n) is 5.40. The molecule has 0 saturated heterocycles. The van der Waals surface area contributed by atoms with Gasteiger partial charge in [0.05, 0.1) is 6.10 Å². The molecule has 0 bridgehead atoms. The molecular formula is C15H31N3O2. The van der Waals surface area contributed by atoms with Crippen LogP contribution in [-0.2, 0) is 9.47 Å². The normalized spacial score (nSPS) is 15.7. The Hall–Kier alpha value is -0.810. The van der Waals surface area contributed by atoms with Gasteiger partial charge < -0.3 is 20.1 Å². The molecule has 0 heterocycles.